The molecule has 1 atom stereocenters. The molecule has 0 aromatic rings. The first-order valence-corrected chi connectivity index (χ1v) is 3.10. The first-order valence-electron chi connectivity index (χ1n) is 3.10. The van der Waals surface area contributed by atoms with Crippen LogP contribution in [0.1, 0.15) is 6.92 Å². The van der Waals surface area contributed by atoms with E-state index in [0.717, 1.165) is 26.3 Å². The van der Waals surface area contributed by atoms with E-state index in [1.165, 1.54) is 0 Å². The monoisotopic (exact) mass is 218 g/mol. The van der Waals surface area contributed by atoms with Gasteiger partial charge in [-0.2, -0.15) is 0 Å². The van der Waals surface area contributed by atoms with Gasteiger partial charge >= 0.3 is 0 Å². The largest absolute Gasteiger partial charge is 0.660 e. The Morgan fingerprint density at radius 2 is 2.20 bits per heavy atom. The fraction of sp³-hybridized carbons (Fsp3) is 0.857. The Kier molecular flexibility index (Phi) is 11.1. The molecule has 1 aliphatic heterocycles. The van der Waals surface area contributed by atoms with Crippen molar-refractivity contribution in [3.63, 3.8) is 0 Å². The summed E-state index contributed by atoms with van der Waals surface area (Å²) in [5.41, 5.74) is 0. The zero-order valence-corrected chi connectivity index (χ0v) is 9.68. The van der Waals surface area contributed by atoms with E-state index in [1.54, 1.807) is 0 Å². The van der Waals surface area contributed by atoms with E-state index in [4.69, 9.17) is 4.74 Å². The van der Waals surface area contributed by atoms with Crippen molar-refractivity contribution in [1.82, 2.24) is 0 Å². The predicted molar refractivity (Wildman–Crippen MR) is 39.5 cm³/mol. The van der Waals surface area contributed by atoms with Gasteiger partial charge in [0, 0.05) is 45.9 Å². The molecule has 0 unspecified atom stereocenters. The van der Waals surface area contributed by atoms with Gasteiger partial charge in [-0.25, -0.2) is 0 Å². The van der Waals surface area contributed by atoms with Gasteiger partial charge in [-0.05, 0) is 5.92 Å². The molecule has 0 aromatic carbocycles. The second kappa shape index (κ2) is 8.12. The number of nitrogens with zero attached hydrogens (tertiary/aromatic N) is 1. The zero-order valence-electron chi connectivity index (χ0n) is 6.84. The fourth-order valence-corrected chi connectivity index (χ4v) is 0.778. The molecule has 0 aromatic heterocycles. The molecule has 1 heterocycles. The van der Waals surface area contributed by atoms with Gasteiger partial charge in [0.05, 0.1) is 0 Å². The second-order valence-corrected chi connectivity index (χ2v) is 2.31. The number of rotatable bonds is 0. The molecule has 1 rings (SSSR count). The summed E-state index contributed by atoms with van der Waals surface area (Å²) in [4.78, 5) is 0. The minimum atomic E-state index is 0. The molecular weight excluding hydrogens is 203 g/mol. The van der Waals surface area contributed by atoms with Gasteiger partial charge in [0.2, 0.25) is 0 Å². The van der Waals surface area contributed by atoms with Crippen molar-refractivity contribution in [3.8, 4) is 0 Å². The Bertz CT molecular complexity index is 62.6. The average Bonchev–Trinajstić information content (AvgIpc) is 1.94. The summed E-state index contributed by atoms with van der Waals surface area (Å²) in [5, 5.41) is 4.23. The molecule has 0 aliphatic carbocycles. The minimum absolute atomic E-state index is 0. The van der Waals surface area contributed by atoms with Crippen molar-refractivity contribution in [2.24, 2.45) is 5.92 Å². The maximum absolute atomic E-state index is 5.21. The van der Waals surface area contributed by atoms with Crippen molar-refractivity contribution in [1.29, 1.82) is 0 Å². The van der Waals surface area contributed by atoms with Crippen LogP contribution in [0.5, 0.6) is 0 Å². The van der Waals surface area contributed by atoms with Crippen LogP contribution in [0.4, 0.5) is 0 Å². The molecule has 59 valence electrons. The van der Waals surface area contributed by atoms with E-state index >= 15 is 0 Å². The molecule has 0 amide bonds. The molecule has 1 saturated heterocycles. The molecule has 1 radical (unpaired) electrons. The Labute approximate surface area is 89.0 Å². The van der Waals surface area contributed by atoms with E-state index < -0.39 is 0 Å². The van der Waals surface area contributed by atoms with E-state index in [1.807, 2.05) is 0 Å². The summed E-state index contributed by atoms with van der Waals surface area (Å²) in [5.74, 6) is 0.637. The van der Waals surface area contributed by atoms with Crippen LogP contribution in [-0.2, 0) is 37.4 Å². The van der Waals surface area contributed by atoms with Gasteiger partial charge < -0.3 is 17.5 Å². The van der Waals surface area contributed by atoms with E-state index in [-0.39, 0.29) is 40.1 Å². The molecule has 1 aliphatic rings. The van der Waals surface area contributed by atoms with Crippen LogP contribution in [-0.4, -0.2) is 26.3 Å². The second-order valence-electron chi connectivity index (χ2n) is 2.31. The molecule has 0 spiro atoms. The SMILES string of the molecule is C[C@@H]1C[N-]CCOC1.[CH3-].[Y]. The molecule has 0 saturated carbocycles. The van der Waals surface area contributed by atoms with Gasteiger partial charge in [0.15, 0.2) is 0 Å². The standard InChI is InChI=1S/C6H12NO.CH3.Y/c1-6-4-7-2-3-8-5-6;;/h6H,2-5H2,1H3;1H3;/q2*-1;/t6-;;/m1../s1. The first kappa shape index (κ1) is 13.6. The smallest absolute Gasteiger partial charge is 0.0474 e. The molecule has 1 fully saturated rings. The van der Waals surface area contributed by atoms with Crippen LogP contribution in [0.3, 0.4) is 0 Å². The van der Waals surface area contributed by atoms with Crippen molar-refractivity contribution in [2.75, 3.05) is 26.3 Å². The molecular formula is C7H15NOY-2. The van der Waals surface area contributed by atoms with Gasteiger partial charge in [-0.1, -0.05) is 6.92 Å². The van der Waals surface area contributed by atoms with Crippen LogP contribution in [0.2, 0.25) is 0 Å². The maximum atomic E-state index is 5.21. The van der Waals surface area contributed by atoms with Crippen LogP contribution in [0.15, 0.2) is 0 Å². The molecule has 10 heavy (non-hydrogen) atoms. The van der Waals surface area contributed by atoms with Crippen LogP contribution < -0.4 is 0 Å². The van der Waals surface area contributed by atoms with Crippen LogP contribution in [0, 0.1) is 13.3 Å². The van der Waals surface area contributed by atoms with Crippen LogP contribution in [0.25, 0.3) is 5.32 Å². The van der Waals surface area contributed by atoms with E-state index in [2.05, 4.69) is 12.2 Å². The molecule has 0 N–H and O–H groups in total. The van der Waals surface area contributed by atoms with Gasteiger partial charge in [-0.15, -0.1) is 13.1 Å². The quantitative estimate of drug-likeness (QED) is 0.565. The predicted octanol–water partition coefficient (Wildman–Crippen LogP) is 1.47. The molecule has 2 nitrogen and oxygen atoms in total. The summed E-state index contributed by atoms with van der Waals surface area (Å²) in [6.45, 7) is 5.76. The zero-order chi connectivity index (χ0) is 5.82. The number of hydrogen-bond donors (Lipinski definition) is 0. The Balaban J connectivity index is 0. The number of hydrogen-bond acceptors (Lipinski definition) is 1. The first-order chi connectivity index (χ1) is 3.89. The van der Waals surface area contributed by atoms with Gasteiger partial charge in [0.25, 0.3) is 0 Å². The third kappa shape index (κ3) is 5.78. The third-order valence-electron chi connectivity index (χ3n) is 1.24. The Morgan fingerprint density at radius 3 is 2.90 bits per heavy atom. The Hall–Kier alpha value is 1.02. The van der Waals surface area contributed by atoms with Crippen LogP contribution >= 0.6 is 0 Å². The van der Waals surface area contributed by atoms with E-state index in [0.29, 0.717) is 5.92 Å². The third-order valence-corrected chi connectivity index (χ3v) is 1.24. The van der Waals surface area contributed by atoms with Crippen molar-refractivity contribution >= 4 is 0 Å². The summed E-state index contributed by atoms with van der Waals surface area (Å²) < 4.78 is 5.21. The molecule has 0 bridgehead atoms. The summed E-state index contributed by atoms with van der Waals surface area (Å²) >= 11 is 0. The average molecular weight is 218 g/mol. The number of ether oxygens (including phenoxy) is 1. The molecule has 3 heteroatoms. The minimum Gasteiger partial charge on any atom is -0.660 e. The summed E-state index contributed by atoms with van der Waals surface area (Å²) in [6.07, 6.45) is 0. The topological polar surface area (TPSA) is 23.3 Å². The van der Waals surface area contributed by atoms with Crippen molar-refractivity contribution in [3.05, 3.63) is 12.7 Å². The Morgan fingerprint density at radius 1 is 1.50 bits per heavy atom. The summed E-state index contributed by atoms with van der Waals surface area (Å²) in [7, 11) is 0. The van der Waals surface area contributed by atoms with E-state index in [9.17, 15) is 0 Å². The fourth-order valence-electron chi connectivity index (χ4n) is 0.778. The van der Waals surface area contributed by atoms with Crippen molar-refractivity contribution in [2.45, 2.75) is 6.92 Å². The summed E-state index contributed by atoms with van der Waals surface area (Å²) in [6, 6.07) is 0. The maximum Gasteiger partial charge on any atom is 0.0474 e. The van der Waals surface area contributed by atoms with Crippen molar-refractivity contribution < 1.29 is 37.4 Å². The van der Waals surface area contributed by atoms with Gasteiger partial charge in [-0.3, -0.25) is 0 Å². The van der Waals surface area contributed by atoms with Gasteiger partial charge in [0.1, 0.15) is 0 Å². The normalized spacial score (nSPS) is 25.5.